The number of guanidine groups is 1. The van der Waals surface area contributed by atoms with Gasteiger partial charge in [0.25, 0.3) is 16.0 Å². The van der Waals surface area contributed by atoms with Crippen molar-refractivity contribution in [1.82, 2.24) is 15.6 Å². The van der Waals surface area contributed by atoms with Crippen LogP contribution in [0.5, 0.6) is 5.75 Å². The van der Waals surface area contributed by atoms with Gasteiger partial charge in [-0.05, 0) is 60.9 Å². The molecule has 0 saturated heterocycles. The van der Waals surface area contributed by atoms with Crippen LogP contribution in [0.15, 0.2) is 87.1 Å². The van der Waals surface area contributed by atoms with E-state index in [9.17, 15) is 23.1 Å². The summed E-state index contributed by atoms with van der Waals surface area (Å²) in [6, 6.07) is 18.6. The van der Waals surface area contributed by atoms with Crippen molar-refractivity contribution in [3.63, 3.8) is 0 Å². The van der Waals surface area contributed by atoms with E-state index in [4.69, 9.17) is 9.15 Å². The van der Waals surface area contributed by atoms with Gasteiger partial charge in [-0.25, -0.2) is 13.2 Å². The summed E-state index contributed by atoms with van der Waals surface area (Å²) in [4.78, 5) is 32.5. The van der Waals surface area contributed by atoms with Crippen molar-refractivity contribution in [1.29, 1.82) is 0 Å². The lowest BCUT2D eigenvalue weighted by atomic mass is 10.1. The van der Waals surface area contributed by atoms with Crippen LogP contribution in [0.1, 0.15) is 24.8 Å². The zero-order valence-corrected chi connectivity index (χ0v) is 24.5. The number of aromatic nitrogens is 1. The van der Waals surface area contributed by atoms with E-state index in [0.717, 1.165) is 18.5 Å². The standard InChI is InChI=1S/C30H32N6O7S/c37-27(35-29-31-15-5-16-32-29)8-4-17-42-22-11-9-20(10-12-22)18-25(28(38)39)34-30-33-24-19-23(13-14-26(24)43-30)44(40,41)36-21-6-2-1-3-7-21/h1-3,6-7,9-14,19,25,36H,4-5,8,15-18H2,(H,33,34)(H,38,39)(H2,31,32,35,37). The quantitative estimate of drug-likeness (QED) is 0.139. The minimum absolute atomic E-state index is 0.0132. The third-order valence-corrected chi connectivity index (χ3v) is 8.01. The molecule has 5 rings (SSSR count). The average Bonchev–Trinajstić information content (AvgIpc) is 3.42. The number of benzene rings is 3. The smallest absolute Gasteiger partial charge is 0.326 e. The van der Waals surface area contributed by atoms with Crippen molar-refractivity contribution in [3.8, 4) is 5.75 Å². The second kappa shape index (κ2) is 13.9. The molecule has 0 aliphatic carbocycles. The zero-order valence-electron chi connectivity index (χ0n) is 23.7. The number of amides is 1. The van der Waals surface area contributed by atoms with Crippen LogP contribution < -0.4 is 25.4 Å². The number of nitrogens with one attached hydrogen (secondary N) is 4. The maximum Gasteiger partial charge on any atom is 0.326 e. The number of fused-ring (bicyclic) bond motifs is 1. The van der Waals surface area contributed by atoms with Crippen LogP contribution in [0.3, 0.4) is 0 Å². The highest BCUT2D eigenvalue weighted by atomic mass is 32.2. The van der Waals surface area contributed by atoms with E-state index in [2.05, 4.69) is 30.6 Å². The summed E-state index contributed by atoms with van der Waals surface area (Å²) in [5.41, 5.74) is 1.70. The lowest BCUT2D eigenvalue weighted by Crippen LogP contribution is -2.43. The van der Waals surface area contributed by atoms with Gasteiger partial charge in [-0.15, -0.1) is 0 Å². The van der Waals surface area contributed by atoms with E-state index < -0.39 is 22.0 Å². The van der Waals surface area contributed by atoms with Crippen molar-refractivity contribution >= 4 is 50.7 Å². The Bertz CT molecular complexity index is 1740. The monoisotopic (exact) mass is 620 g/mol. The number of aliphatic imine (C=N–C) groups is 1. The van der Waals surface area contributed by atoms with Gasteiger partial charge in [-0.3, -0.25) is 19.8 Å². The third kappa shape index (κ3) is 8.25. The highest BCUT2D eigenvalue weighted by molar-refractivity contribution is 7.92. The van der Waals surface area contributed by atoms with Crippen molar-refractivity contribution in [2.75, 3.05) is 29.7 Å². The first-order valence-corrected chi connectivity index (χ1v) is 15.5. The first-order valence-electron chi connectivity index (χ1n) is 14.0. The second-order valence-electron chi connectivity index (χ2n) is 10.0. The van der Waals surface area contributed by atoms with Crippen LogP contribution in [0.25, 0.3) is 11.1 Å². The second-order valence-corrected chi connectivity index (χ2v) is 11.7. The fraction of sp³-hybridized carbons (Fsp3) is 0.267. The molecular weight excluding hydrogens is 588 g/mol. The van der Waals surface area contributed by atoms with Crippen LogP contribution in [0.2, 0.25) is 0 Å². The van der Waals surface area contributed by atoms with Crippen molar-refractivity contribution in [2.45, 2.75) is 36.6 Å². The lowest BCUT2D eigenvalue weighted by Gasteiger charge is -2.15. The Labute approximate surface area is 253 Å². The van der Waals surface area contributed by atoms with Crippen molar-refractivity contribution in [3.05, 3.63) is 78.4 Å². The number of anilines is 2. The number of hydrogen-bond acceptors (Lipinski definition) is 10. The molecule has 1 aromatic heterocycles. The van der Waals surface area contributed by atoms with Gasteiger partial charge in [0, 0.05) is 31.6 Å². The van der Waals surface area contributed by atoms with Crippen LogP contribution >= 0.6 is 0 Å². The molecule has 3 aromatic carbocycles. The number of ether oxygens (including phenoxy) is 1. The van der Waals surface area contributed by atoms with Gasteiger partial charge in [0.15, 0.2) is 11.5 Å². The maximum atomic E-state index is 12.8. The van der Waals surface area contributed by atoms with E-state index in [1.54, 1.807) is 54.6 Å². The fourth-order valence-corrected chi connectivity index (χ4v) is 5.47. The molecule has 1 aliphatic rings. The molecule has 1 unspecified atom stereocenters. The number of nitrogens with zero attached hydrogens (tertiary/aromatic N) is 2. The van der Waals surface area contributed by atoms with Gasteiger partial charge < -0.3 is 24.9 Å². The third-order valence-electron chi connectivity index (χ3n) is 6.63. The van der Waals surface area contributed by atoms with Gasteiger partial charge in [0.05, 0.1) is 11.5 Å². The minimum Gasteiger partial charge on any atom is -0.494 e. The van der Waals surface area contributed by atoms with Crippen LogP contribution in [-0.2, 0) is 26.0 Å². The van der Waals surface area contributed by atoms with Crippen molar-refractivity contribution in [2.24, 2.45) is 4.99 Å². The number of hydrogen-bond donors (Lipinski definition) is 5. The molecule has 14 heteroatoms. The molecule has 44 heavy (non-hydrogen) atoms. The Morgan fingerprint density at radius 2 is 1.86 bits per heavy atom. The molecular formula is C30H32N6O7S. The predicted molar refractivity (Wildman–Crippen MR) is 164 cm³/mol. The summed E-state index contributed by atoms with van der Waals surface area (Å²) in [5.74, 6) is -0.136. The molecule has 0 spiro atoms. The van der Waals surface area contributed by atoms with Crippen LogP contribution in [-0.4, -0.2) is 62.1 Å². The number of para-hydroxylation sites is 1. The number of aliphatic carboxylic acids is 1. The highest BCUT2D eigenvalue weighted by Crippen LogP contribution is 2.25. The normalized spacial score (nSPS) is 13.8. The van der Waals surface area contributed by atoms with E-state index in [1.807, 2.05) is 0 Å². The molecule has 13 nitrogen and oxygen atoms in total. The van der Waals surface area contributed by atoms with Gasteiger partial charge in [0.1, 0.15) is 17.3 Å². The van der Waals surface area contributed by atoms with Gasteiger partial charge in [-0.1, -0.05) is 30.3 Å². The summed E-state index contributed by atoms with van der Waals surface area (Å²) in [7, 11) is -3.87. The Morgan fingerprint density at radius 1 is 1.07 bits per heavy atom. The summed E-state index contributed by atoms with van der Waals surface area (Å²) in [5, 5.41) is 18.4. The maximum absolute atomic E-state index is 12.8. The van der Waals surface area contributed by atoms with Gasteiger partial charge >= 0.3 is 5.97 Å². The van der Waals surface area contributed by atoms with E-state index in [1.165, 1.54) is 18.2 Å². The Balaban J connectivity index is 1.14. The highest BCUT2D eigenvalue weighted by Gasteiger charge is 2.22. The number of carbonyl (C=O) groups excluding carboxylic acids is 1. The van der Waals surface area contributed by atoms with Gasteiger partial charge in [-0.2, -0.15) is 4.98 Å². The Hall–Kier alpha value is -5.11. The summed E-state index contributed by atoms with van der Waals surface area (Å²) >= 11 is 0. The van der Waals surface area contributed by atoms with Crippen LogP contribution in [0.4, 0.5) is 11.7 Å². The molecule has 0 radical (unpaired) electrons. The molecule has 0 bridgehead atoms. The molecule has 4 aromatic rings. The van der Waals surface area contributed by atoms with Gasteiger partial charge in [0.2, 0.25) is 5.91 Å². The van der Waals surface area contributed by atoms with Crippen LogP contribution in [0, 0.1) is 0 Å². The Kier molecular flexibility index (Phi) is 9.59. The van der Waals surface area contributed by atoms with E-state index in [-0.39, 0.29) is 28.8 Å². The fourth-order valence-electron chi connectivity index (χ4n) is 4.40. The number of carbonyl (C=O) groups is 2. The van der Waals surface area contributed by atoms with E-state index in [0.29, 0.717) is 49.0 Å². The number of carboxylic acids is 1. The number of rotatable bonds is 13. The van der Waals surface area contributed by atoms with E-state index >= 15 is 0 Å². The topological polar surface area (TPSA) is 184 Å². The lowest BCUT2D eigenvalue weighted by molar-refractivity contribution is -0.138. The average molecular weight is 621 g/mol. The molecule has 1 amide bonds. The largest absolute Gasteiger partial charge is 0.494 e. The molecule has 230 valence electrons. The molecule has 2 heterocycles. The predicted octanol–water partition coefficient (Wildman–Crippen LogP) is 3.36. The molecule has 0 saturated carbocycles. The SMILES string of the molecule is O=C(CCCOc1ccc(CC(Nc2nc3cc(S(=O)(=O)Nc4ccccc4)ccc3o2)C(=O)O)cc1)NC1=NCCCN1. The van der Waals surface area contributed by atoms with Crippen molar-refractivity contribution < 1.29 is 32.3 Å². The molecule has 0 fully saturated rings. The number of sulfonamides is 1. The first kappa shape index (κ1) is 30.4. The molecule has 1 aliphatic heterocycles. The molecule has 5 N–H and O–H groups in total. The molecule has 1 atom stereocenters. The first-order chi connectivity index (χ1) is 21.2. The minimum atomic E-state index is -3.87. The number of carboxylic acid groups (broad SMARTS) is 1. The number of oxazole rings is 1. The zero-order chi connectivity index (χ0) is 30.9. The summed E-state index contributed by atoms with van der Waals surface area (Å²) < 4.78 is 39.5. The Morgan fingerprint density at radius 3 is 2.59 bits per heavy atom. The summed E-state index contributed by atoms with van der Waals surface area (Å²) in [6.07, 6.45) is 1.88. The summed E-state index contributed by atoms with van der Waals surface area (Å²) in [6.45, 7) is 1.83.